The minimum atomic E-state index is -0.550. The lowest BCUT2D eigenvalue weighted by Gasteiger charge is -2.21. The number of aromatic nitrogens is 1. The quantitative estimate of drug-likeness (QED) is 0.734. The Labute approximate surface area is 135 Å². The number of thiazole rings is 1. The SMILES string of the molecule is Cc1nc(C)c(C(O)CCNC(C)C(O)c2ccccc2)s1. The first-order valence-corrected chi connectivity index (χ1v) is 8.39. The first kappa shape index (κ1) is 17.1. The molecule has 0 amide bonds. The summed E-state index contributed by atoms with van der Waals surface area (Å²) in [6.45, 7) is 6.47. The van der Waals surface area contributed by atoms with Crippen LogP contribution in [-0.2, 0) is 0 Å². The lowest BCUT2D eigenvalue weighted by Crippen LogP contribution is -2.33. The summed E-state index contributed by atoms with van der Waals surface area (Å²) in [6, 6.07) is 9.54. The summed E-state index contributed by atoms with van der Waals surface area (Å²) in [5.74, 6) is 0. The molecule has 3 N–H and O–H groups in total. The maximum absolute atomic E-state index is 10.3. The summed E-state index contributed by atoms with van der Waals surface area (Å²) in [7, 11) is 0. The highest BCUT2D eigenvalue weighted by Gasteiger charge is 2.18. The molecular formula is C17H24N2O2S. The predicted molar refractivity (Wildman–Crippen MR) is 90.0 cm³/mol. The maximum atomic E-state index is 10.3. The molecule has 0 spiro atoms. The normalized spacial score (nSPS) is 15.5. The Hall–Kier alpha value is -1.27. The summed E-state index contributed by atoms with van der Waals surface area (Å²) >= 11 is 1.55. The second kappa shape index (κ2) is 7.83. The van der Waals surface area contributed by atoms with Crippen molar-refractivity contribution in [3.8, 4) is 0 Å². The van der Waals surface area contributed by atoms with E-state index in [4.69, 9.17) is 0 Å². The molecule has 0 aliphatic carbocycles. The molecule has 0 bridgehead atoms. The molecule has 1 heterocycles. The van der Waals surface area contributed by atoms with E-state index in [-0.39, 0.29) is 6.04 Å². The molecule has 1 aromatic heterocycles. The molecule has 22 heavy (non-hydrogen) atoms. The van der Waals surface area contributed by atoms with Crippen molar-refractivity contribution in [1.82, 2.24) is 10.3 Å². The van der Waals surface area contributed by atoms with Gasteiger partial charge < -0.3 is 15.5 Å². The zero-order valence-corrected chi connectivity index (χ0v) is 14.1. The summed E-state index contributed by atoms with van der Waals surface area (Å²) < 4.78 is 0. The third-order valence-electron chi connectivity index (χ3n) is 3.74. The van der Waals surface area contributed by atoms with E-state index in [2.05, 4.69) is 10.3 Å². The Bertz CT molecular complexity index is 586. The van der Waals surface area contributed by atoms with Crippen molar-refractivity contribution in [2.75, 3.05) is 6.54 Å². The van der Waals surface area contributed by atoms with Crippen LogP contribution in [0.4, 0.5) is 0 Å². The number of nitrogens with zero attached hydrogens (tertiary/aromatic N) is 1. The van der Waals surface area contributed by atoms with Gasteiger partial charge in [0.15, 0.2) is 0 Å². The molecule has 2 aromatic rings. The van der Waals surface area contributed by atoms with Crippen LogP contribution in [0.15, 0.2) is 30.3 Å². The van der Waals surface area contributed by atoms with E-state index in [1.54, 1.807) is 11.3 Å². The van der Waals surface area contributed by atoms with E-state index < -0.39 is 12.2 Å². The van der Waals surface area contributed by atoms with Gasteiger partial charge >= 0.3 is 0 Å². The van der Waals surface area contributed by atoms with E-state index in [9.17, 15) is 10.2 Å². The highest BCUT2D eigenvalue weighted by molar-refractivity contribution is 7.11. The third-order valence-corrected chi connectivity index (χ3v) is 4.91. The van der Waals surface area contributed by atoms with Gasteiger partial charge in [-0.1, -0.05) is 30.3 Å². The first-order valence-electron chi connectivity index (χ1n) is 7.57. The van der Waals surface area contributed by atoms with Crippen LogP contribution < -0.4 is 5.32 Å². The largest absolute Gasteiger partial charge is 0.387 e. The number of aliphatic hydroxyl groups is 2. The van der Waals surface area contributed by atoms with Crippen molar-refractivity contribution in [1.29, 1.82) is 0 Å². The average Bonchev–Trinajstić information content (AvgIpc) is 2.86. The molecule has 120 valence electrons. The molecule has 2 rings (SSSR count). The summed E-state index contributed by atoms with van der Waals surface area (Å²) in [5.41, 5.74) is 1.81. The molecular weight excluding hydrogens is 296 g/mol. The minimum absolute atomic E-state index is 0.0705. The molecule has 0 fully saturated rings. The maximum Gasteiger partial charge on any atom is 0.0940 e. The molecule has 3 atom stereocenters. The number of nitrogens with one attached hydrogen (secondary N) is 1. The van der Waals surface area contributed by atoms with Gasteiger partial charge in [-0.2, -0.15) is 0 Å². The third kappa shape index (κ3) is 4.36. The zero-order chi connectivity index (χ0) is 16.1. The smallest absolute Gasteiger partial charge is 0.0940 e. The molecule has 4 nitrogen and oxygen atoms in total. The number of hydrogen-bond donors (Lipinski definition) is 3. The second-order valence-electron chi connectivity index (χ2n) is 5.59. The van der Waals surface area contributed by atoms with Crippen LogP contribution in [0.5, 0.6) is 0 Å². The number of aryl methyl sites for hydroxylation is 2. The van der Waals surface area contributed by atoms with Crippen LogP contribution in [0, 0.1) is 13.8 Å². The van der Waals surface area contributed by atoms with E-state index in [0.29, 0.717) is 13.0 Å². The van der Waals surface area contributed by atoms with Gasteiger partial charge in [-0.25, -0.2) is 4.98 Å². The average molecular weight is 320 g/mol. The van der Waals surface area contributed by atoms with Crippen LogP contribution >= 0.6 is 11.3 Å². The molecule has 1 aromatic carbocycles. The van der Waals surface area contributed by atoms with Gasteiger partial charge in [0.1, 0.15) is 0 Å². The molecule has 3 unspecified atom stereocenters. The van der Waals surface area contributed by atoms with E-state index >= 15 is 0 Å². The minimum Gasteiger partial charge on any atom is -0.387 e. The van der Waals surface area contributed by atoms with Crippen molar-refractivity contribution >= 4 is 11.3 Å². The van der Waals surface area contributed by atoms with E-state index in [0.717, 1.165) is 21.1 Å². The highest BCUT2D eigenvalue weighted by atomic mass is 32.1. The van der Waals surface area contributed by atoms with Crippen molar-refractivity contribution in [3.05, 3.63) is 51.5 Å². The summed E-state index contributed by atoms with van der Waals surface area (Å²) in [5, 5.41) is 24.8. The highest BCUT2D eigenvalue weighted by Crippen LogP contribution is 2.26. The number of aliphatic hydroxyl groups excluding tert-OH is 2. The summed E-state index contributed by atoms with van der Waals surface area (Å²) in [6.07, 6.45) is -0.445. The van der Waals surface area contributed by atoms with E-state index in [1.807, 2.05) is 51.1 Å². The molecule has 0 saturated heterocycles. The van der Waals surface area contributed by atoms with Crippen molar-refractivity contribution in [2.45, 2.75) is 45.4 Å². The molecule has 0 saturated carbocycles. The fourth-order valence-corrected chi connectivity index (χ4v) is 3.43. The standard InChI is InChI=1S/C17H24N2O2S/c1-11(16(21)14-7-5-4-6-8-14)18-10-9-15(20)17-12(2)19-13(3)22-17/h4-8,11,15-16,18,20-21H,9-10H2,1-3H3. The lowest BCUT2D eigenvalue weighted by atomic mass is 10.0. The van der Waals surface area contributed by atoms with Gasteiger partial charge in [0.2, 0.25) is 0 Å². The fraction of sp³-hybridized carbons (Fsp3) is 0.471. The molecule has 5 heteroatoms. The fourth-order valence-electron chi connectivity index (χ4n) is 2.49. The second-order valence-corrected chi connectivity index (χ2v) is 6.82. The lowest BCUT2D eigenvalue weighted by molar-refractivity contribution is 0.127. The number of hydrogen-bond acceptors (Lipinski definition) is 5. The molecule has 0 aliphatic heterocycles. The van der Waals surface area contributed by atoms with Crippen LogP contribution in [-0.4, -0.2) is 27.8 Å². The summed E-state index contributed by atoms with van der Waals surface area (Å²) in [4.78, 5) is 5.28. The van der Waals surface area contributed by atoms with Crippen LogP contribution in [0.2, 0.25) is 0 Å². The van der Waals surface area contributed by atoms with Gasteiger partial charge in [-0.15, -0.1) is 11.3 Å². The van der Waals surface area contributed by atoms with Gasteiger partial charge in [0, 0.05) is 6.04 Å². The number of benzene rings is 1. The van der Waals surface area contributed by atoms with Crippen LogP contribution in [0.1, 0.15) is 46.7 Å². The first-order chi connectivity index (χ1) is 10.5. The topological polar surface area (TPSA) is 65.4 Å². The van der Waals surface area contributed by atoms with Gasteiger partial charge in [0.05, 0.1) is 27.8 Å². The Morgan fingerprint density at radius 1 is 1.18 bits per heavy atom. The van der Waals surface area contributed by atoms with Gasteiger partial charge in [-0.3, -0.25) is 0 Å². The van der Waals surface area contributed by atoms with Crippen molar-refractivity contribution < 1.29 is 10.2 Å². The van der Waals surface area contributed by atoms with Gasteiger partial charge in [-0.05, 0) is 39.3 Å². The molecule has 0 aliphatic rings. The predicted octanol–water partition coefficient (Wildman–Crippen LogP) is 2.90. The molecule has 0 radical (unpaired) electrons. The Morgan fingerprint density at radius 3 is 2.45 bits per heavy atom. The van der Waals surface area contributed by atoms with Crippen LogP contribution in [0.3, 0.4) is 0 Å². The monoisotopic (exact) mass is 320 g/mol. The van der Waals surface area contributed by atoms with Crippen molar-refractivity contribution in [3.63, 3.8) is 0 Å². The number of rotatable bonds is 7. The van der Waals surface area contributed by atoms with Crippen LogP contribution in [0.25, 0.3) is 0 Å². The Kier molecular flexibility index (Phi) is 6.08. The zero-order valence-electron chi connectivity index (χ0n) is 13.3. The Balaban J connectivity index is 1.82. The Morgan fingerprint density at radius 2 is 1.86 bits per heavy atom. The van der Waals surface area contributed by atoms with E-state index in [1.165, 1.54) is 0 Å². The van der Waals surface area contributed by atoms with Gasteiger partial charge in [0.25, 0.3) is 0 Å². The van der Waals surface area contributed by atoms with Crippen molar-refractivity contribution in [2.24, 2.45) is 0 Å².